The minimum Gasteiger partial charge on any atom is -0.495 e. The molecule has 204 valence electrons. The number of piperidine rings is 1. The molecule has 4 aromatic rings. The number of anilines is 3. The van der Waals surface area contributed by atoms with Gasteiger partial charge in [0.15, 0.2) is 0 Å². The number of rotatable bonds is 6. The molecule has 1 atom stereocenters. The summed E-state index contributed by atoms with van der Waals surface area (Å²) in [5, 5.41) is 20.4. The minimum absolute atomic E-state index is 0.140. The van der Waals surface area contributed by atoms with Crippen molar-refractivity contribution in [1.82, 2.24) is 19.4 Å². The van der Waals surface area contributed by atoms with Crippen LogP contribution in [0, 0.1) is 0 Å². The Morgan fingerprint density at radius 3 is 2.62 bits per heavy atom. The van der Waals surface area contributed by atoms with E-state index in [1.165, 1.54) is 0 Å². The van der Waals surface area contributed by atoms with Crippen LogP contribution in [0.4, 0.5) is 17.5 Å². The summed E-state index contributed by atoms with van der Waals surface area (Å²) in [7, 11) is 1.56. The molecule has 2 aliphatic heterocycles. The summed E-state index contributed by atoms with van der Waals surface area (Å²) >= 11 is 6.37. The molecule has 0 spiro atoms. The van der Waals surface area contributed by atoms with Crippen molar-refractivity contribution in [3.63, 3.8) is 0 Å². The summed E-state index contributed by atoms with van der Waals surface area (Å²) in [6.07, 6.45) is 7.29. The lowest BCUT2D eigenvalue weighted by Gasteiger charge is -2.36. The summed E-state index contributed by atoms with van der Waals surface area (Å²) in [6, 6.07) is 9.65. The zero-order valence-electron chi connectivity index (χ0n) is 21.9. The Morgan fingerprint density at radius 1 is 1.03 bits per heavy atom. The Balaban J connectivity index is 1.17. The maximum Gasteiger partial charge on any atom is 0.227 e. The fourth-order valence-electron chi connectivity index (χ4n) is 5.41. The third kappa shape index (κ3) is 5.19. The Hall–Kier alpha value is -3.60. The first-order chi connectivity index (χ1) is 19.0. The van der Waals surface area contributed by atoms with Crippen LogP contribution in [0.2, 0.25) is 5.02 Å². The van der Waals surface area contributed by atoms with E-state index in [2.05, 4.69) is 31.8 Å². The molecule has 0 bridgehead atoms. The molecule has 2 N–H and O–H groups in total. The average molecular weight is 550 g/mol. The second-order valence-corrected chi connectivity index (χ2v) is 10.4. The topological polar surface area (TPSA) is 102 Å². The first-order valence-electron chi connectivity index (χ1n) is 13.2. The molecule has 39 heavy (non-hydrogen) atoms. The summed E-state index contributed by atoms with van der Waals surface area (Å²) < 4.78 is 7.27. The predicted molar refractivity (Wildman–Crippen MR) is 152 cm³/mol. The highest BCUT2D eigenvalue weighted by atomic mass is 35.5. The molecule has 6 rings (SSSR count). The fourth-order valence-corrected chi connectivity index (χ4v) is 5.65. The summed E-state index contributed by atoms with van der Waals surface area (Å²) in [4.78, 5) is 20.9. The molecule has 1 unspecified atom stereocenters. The van der Waals surface area contributed by atoms with Gasteiger partial charge < -0.3 is 34.1 Å². The minimum atomic E-state index is -0.296. The summed E-state index contributed by atoms with van der Waals surface area (Å²) in [5.74, 6) is 2.14. The SMILES string of the molecule is COc1cc(CO)c(-c2cn3ccc(N4CCN(c5nccc(N6CCCC(O)C6)n5)CC4)cc3n2)cc1Cl. The van der Waals surface area contributed by atoms with Gasteiger partial charge in [-0.2, -0.15) is 4.98 Å². The largest absolute Gasteiger partial charge is 0.495 e. The Labute approximate surface area is 232 Å². The maximum absolute atomic E-state index is 10.0. The van der Waals surface area contributed by atoms with E-state index >= 15 is 0 Å². The molecule has 10 nitrogen and oxygen atoms in total. The number of halogens is 1. The number of aliphatic hydroxyl groups excluding tert-OH is 2. The lowest BCUT2D eigenvalue weighted by Crippen LogP contribution is -2.47. The van der Waals surface area contributed by atoms with Gasteiger partial charge in [-0.1, -0.05) is 11.6 Å². The van der Waals surface area contributed by atoms with Gasteiger partial charge in [-0.3, -0.25) is 0 Å². The van der Waals surface area contributed by atoms with Gasteiger partial charge in [0.25, 0.3) is 0 Å². The summed E-state index contributed by atoms with van der Waals surface area (Å²) in [5.41, 5.74) is 4.15. The van der Waals surface area contributed by atoms with Crippen LogP contribution in [0.3, 0.4) is 0 Å². The average Bonchev–Trinajstić information content (AvgIpc) is 3.40. The number of methoxy groups -OCH3 is 1. The number of fused-ring (bicyclic) bond motifs is 1. The van der Waals surface area contributed by atoms with Crippen molar-refractivity contribution in [3.05, 3.63) is 59.5 Å². The van der Waals surface area contributed by atoms with Crippen LogP contribution >= 0.6 is 11.6 Å². The van der Waals surface area contributed by atoms with Gasteiger partial charge in [-0.15, -0.1) is 0 Å². The van der Waals surface area contributed by atoms with E-state index in [9.17, 15) is 10.2 Å². The van der Waals surface area contributed by atoms with Crippen molar-refractivity contribution < 1.29 is 14.9 Å². The number of hydrogen-bond donors (Lipinski definition) is 2. The maximum atomic E-state index is 10.0. The first-order valence-corrected chi connectivity index (χ1v) is 13.6. The molecule has 0 amide bonds. The molecule has 3 aromatic heterocycles. The zero-order valence-corrected chi connectivity index (χ0v) is 22.6. The second kappa shape index (κ2) is 10.9. The number of pyridine rings is 1. The molecular formula is C28H32ClN7O3. The molecule has 2 saturated heterocycles. The number of β-amino-alcohol motifs (C(OH)–C–C–N with tert-alkyl or cyclic N) is 1. The van der Waals surface area contributed by atoms with Crippen molar-refractivity contribution in [2.24, 2.45) is 0 Å². The number of nitrogens with zero attached hydrogens (tertiary/aromatic N) is 7. The van der Waals surface area contributed by atoms with Gasteiger partial charge in [-0.05, 0) is 42.7 Å². The molecule has 11 heteroatoms. The lowest BCUT2D eigenvalue weighted by atomic mass is 10.1. The molecule has 0 radical (unpaired) electrons. The molecule has 2 fully saturated rings. The molecular weight excluding hydrogens is 518 g/mol. The van der Waals surface area contributed by atoms with E-state index < -0.39 is 0 Å². The summed E-state index contributed by atoms with van der Waals surface area (Å²) in [6.45, 7) is 4.67. The van der Waals surface area contributed by atoms with Crippen LogP contribution in [0.15, 0.2) is 48.9 Å². The van der Waals surface area contributed by atoms with Gasteiger partial charge in [0.05, 0.1) is 30.5 Å². The Kier molecular flexibility index (Phi) is 7.16. The van der Waals surface area contributed by atoms with Crippen LogP contribution in [-0.4, -0.2) is 82.0 Å². The molecule has 0 aliphatic carbocycles. The van der Waals surface area contributed by atoms with E-state index in [0.717, 1.165) is 79.9 Å². The number of piperazine rings is 1. The molecule has 2 aliphatic rings. The zero-order chi connectivity index (χ0) is 26.9. The third-order valence-corrected chi connectivity index (χ3v) is 7.84. The van der Waals surface area contributed by atoms with E-state index in [4.69, 9.17) is 26.3 Å². The van der Waals surface area contributed by atoms with E-state index in [0.29, 0.717) is 22.9 Å². The van der Waals surface area contributed by atoms with Crippen LogP contribution in [0.5, 0.6) is 5.75 Å². The lowest BCUT2D eigenvalue weighted by molar-refractivity contribution is 0.154. The molecule has 5 heterocycles. The highest BCUT2D eigenvalue weighted by Gasteiger charge is 2.23. The van der Waals surface area contributed by atoms with Gasteiger partial charge >= 0.3 is 0 Å². The van der Waals surface area contributed by atoms with Crippen LogP contribution in [0.1, 0.15) is 18.4 Å². The van der Waals surface area contributed by atoms with Gasteiger partial charge in [0.1, 0.15) is 17.2 Å². The van der Waals surface area contributed by atoms with Gasteiger partial charge in [0, 0.05) is 75.2 Å². The van der Waals surface area contributed by atoms with E-state index in [1.807, 2.05) is 29.1 Å². The fraction of sp³-hybridized carbons (Fsp3) is 0.393. The number of benzene rings is 1. The normalized spacial score (nSPS) is 18.2. The number of ether oxygens (including phenoxy) is 1. The molecule has 0 saturated carbocycles. The highest BCUT2D eigenvalue weighted by Crippen LogP contribution is 2.34. The van der Waals surface area contributed by atoms with Crippen LogP contribution in [-0.2, 0) is 6.61 Å². The van der Waals surface area contributed by atoms with Gasteiger partial charge in [0.2, 0.25) is 5.95 Å². The second-order valence-electron chi connectivity index (χ2n) is 10.0. The van der Waals surface area contributed by atoms with Crippen molar-refractivity contribution in [3.8, 4) is 17.0 Å². The molecule has 1 aromatic carbocycles. The van der Waals surface area contributed by atoms with Crippen molar-refractivity contribution in [1.29, 1.82) is 0 Å². The number of imidazole rings is 1. The first kappa shape index (κ1) is 25.7. The quantitative estimate of drug-likeness (QED) is 0.375. The predicted octanol–water partition coefficient (Wildman–Crippen LogP) is 3.23. The van der Waals surface area contributed by atoms with Crippen molar-refractivity contribution in [2.45, 2.75) is 25.6 Å². The Bertz CT molecular complexity index is 1470. The number of hydrogen-bond acceptors (Lipinski definition) is 9. The van der Waals surface area contributed by atoms with Crippen LogP contribution in [0.25, 0.3) is 16.9 Å². The monoisotopic (exact) mass is 549 g/mol. The standard InChI is InChI=1S/C28H32ClN7O3/c1-39-25-13-19(18-37)22(15-23(25)29)24-17-36-8-5-20(14-27(36)31-24)33-9-11-34(12-10-33)28-30-6-4-26(32-28)35-7-2-3-21(38)16-35/h4-6,8,13-15,17,21,37-38H,2-3,7,9-12,16,18H2,1H3. The van der Waals surface area contributed by atoms with Crippen LogP contribution < -0.4 is 19.4 Å². The van der Waals surface area contributed by atoms with E-state index in [1.54, 1.807) is 19.2 Å². The van der Waals surface area contributed by atoms with Crippen molar-refractivity contribution >= 4 is 34.7 Å². The van der Waals surface area contributed by atoms with E-state index in [-0.39, 0.29) is 12.7 Å². The number of aliphatic hydroxyl groups is 2. The highest BCUT2D eigenvalue weighted by molar-refractivity contribution is 6.32. The van der Waals surface area contributed by atoms with Gasteiger partial charge in [-0.25, -0.2) is 9.97 Å². The Morgan fingerprint density at radius 2 is 1.85 bits per heavy atom. The van der Waals surface area contributed by atoms with Crippen molar-refractivity contribution in [2.75, 3.05) is 61.1 Å². The smallest absolute Gasteiger partial charge is 0.227 e. The number of aromatic nitrogens is 4. The third-order valence-electron chi connectivity index (χ3n) is 7.54.